The zero-order valence-electron chi connectivity index (χ0n) is 19.5. The predicted molar refractivity (Wildman–Crippen MR) is 133 cm³/mol. The van der Waals surface area contributed by atoms with E-state index < -0.39 is 24.6 Å². The van der Waals surface area contributed by atoms with Gasteiger partial charge >= 0.3 is 12.1 Å². The van der Waals surface area contributed by atoms with Crippen molar-refractivity contribution in [1.82, 2.24) is 5.32 Å². The fourth-order valence-electron chi connectivity index (χ4n) is 4.49. The smallest absolute Gasteiger partial charge is 0.407 e. The van der Waals surface area contributed by atoms with Crippen LogP contribution in [-0.2, 0) is 14.3 Å². The number of nitrogens with zero attached hydrogens (tertiary/aromatic N) is 1. The number of ether oxygens (including phenoxy) is 1. The zero-order valence-corrected chi connectivity index (χ0v) is 19.5. The Morgan fingerprint density at radius 2 is 1.49 bits per heavy atom. The van der Waals surface area contributed by atoms with Crippen molar-refractivity contribution in [1.29, 1.82) is 0 Å². The van der Waals surface area contributed by atoms with Crippen molar-refractivity contribution >= 4 is 23.7 Å². The lowest BCUT2D eigenvalue weighted by Gasteiger charge is -2.24. The monoisotopic (exact) mass is 472 g/mol. The lowest BCUT2D eigenvalue weighted by atomic mass is 9.98. The summed E-state index contributed by atoms with van der Waals surface area (Å²) >= 11 is 0. The first kappa shape index (κ1) is 24.0. The number of nitrogens with one attached hydrogen (secondary N) is 1. The van der Waals surface area contributed by atoms with Crippen LogP contribution < -0.4 is 10.2 Å². The number of anilines is 1. The van der Waals surface area contributed by atoms with Crippen LogP contribution in [0.5, 0.6) is 0 Å². The molecule has 180 valence electrons. The third-order valence-corrected chi connectivity index (χ3v) is 6.24. The Balaban J connectivity index is 1.38. The van der Waals surface area contributed by atoms with Crippen LogP contribution in [0.4, 0.5) is 10.5 Å². The maximum Gasteiger partial charge on any atom is 0.407 e. The minimum atomic E-state index is -1.11. The summed E-state index contributed by atoms with van der Waals surface area (Å²) < 4.78 is 5.59. The highest BCUT2D eigenvalue weighted by Gasteiger charge is 2.29. The van der Waals surface area contributed by atoms with Crippen molar-refractivity contribution in [3.63, 3.8) is 0 Å². The van der Waals surface area contributed by atoms with E-state index in [0.29, 0.717) is 12.1 Å². The van der Waals surface area contributed by atoms with Crippen molar-refractivity contribution < 1.29 is 24.2 Å². The summed E-state index contributed by atoms with van der Waals surface area (Å²) in [6.45, 7) is 1.58. The fraction of sp³-hybridized carbons (Fsp3) is 0.250. The van der Waals surface area contributed by atoms with Crippen molar-refractivity contribution in [2.45, 2.75) is 31.7 Å². The number of carbonyl (C=O) groups is 3. The van der Waals surface area contributed by atoms with Gasteiger partial charge in [0.1, 0.15) is 13.2 Å². The Labute approximate surface area is 204 Å². The highest BCUT2D eigenvalue weighted by Crippen LogP contribution is 2.44. The van der Waals surface area contributed by atoms with Crippen molar-refractivity contribution in [3.8, 4) is 11.1 Å². The van der Waals surface area contributed by atoms with Crippen LogP contribution in [0.15, 0.2) is 78.9 Å². The molecular formula is C28H28N2O5. The number of rotatable bonds is 9. The Kier molecular flexibility index (Phi) is 7.45. The van der Waals surface area contributed by atoms with Crippen molar-refractivity contribution in [2.24, 2.45) is 0 Å². The van der Waals surface area contributed by atoms with E-state index in [1.54, 1.807) is 30.3 Å². The minimum absolute atomic E-state index is 0.0388. The first-order valence-corrected chi connectivity index (χ1v) is 11.7. The van der Waals surface area contributed by atoms with Gasteiger partial charge in [-0.3, -0.25) is 9.59 Å². The fourth-order valence-corrected chi connectivity index (χ4v) is 4.49. The molecule has 7 nitrogen and oxygen atoms in total. The second-order valence-corrected chi connectivity index (χ2v) is 8.49. The molecule has 0 saturated heterocycles. The molecule has 3 aromatic carbocycles. The maximum absolute atomic E-state index is 12.9. The Morgan fingerprint density at radius 1 is 0.914 bits per heavy atom. The molecule has 1 aliphatic carbocycles. The highest BCUT2D eigenvalue weighted by atomic mass is 16.5. The number of carboxylic acids is 1. The molecule has 0 saturated carbocycles. The van der Waals surface area contributed by atoms with Gasteiger partial charge in [-0.25, -0.2) is 4.79 Å². The number of hydrogen-bond donors (Lipinski definition) is 2. The molecule has 0 radical (unpaired) electrons. The summed E-state index contributed by atoms with van der Waals surface area (Å²) in [6, 6.07) is 24.3. The topological polar surface area (TPSA) is 95.9 Å². The largest absolute Gasteiger partial charge is 0.480 e. The van der Waals surface area contributed by atoms with Crippen LogP contribution in [0, 0.1) is 0 Å². The summed E-state index contributed by atoms with van der Waals surface area (Å²) in [5, 5.41) is 12.0. The van der Waals surface area contributed by atoms with Gasteiger partial charge in [0.15, 0.2) is 0 Å². The van der Waals surface area contributed by atoms with Gasteiger partial charge < -0.3 is 20.1 Å². The number of alkyl carbamates (subject to hydrolysis) is 1. The molecule has 2 amide bonds. The van der Waals surface area contributed by atoms with E-state index in [0.717, 1.165) is 22.3 Å². The highest BCUT2D eigenvalue weighted by molar-refractivity contribution is 5.97. The van der Waals surface area contributed by atoms with Crippen LogP contribution in [0.2, 0.25) is 0 Å². The first-order chi connectivity index (χ1) is 17.0. The van der Waals surface area contributed by atoms with Gasteiger partial charge in [-0.1, -0.05) is 73.7 Å². The van der Waals surface area contributed by atoms with Gasteiger partial charge in [-0.2, -0.15) is 0 Å². The molecule has 2 N–H and O–H groups in total. The Hall–Kier alpha value is -4.13. The van der Waals surface area contributed by atoms with E-state index in [2.05, 4.69) is 29.6 Å². The molecule has 0 aliphatic heterocycles. The van der Waals surface area contributed by atoms with Crippen LogP contribution >= 0.6 is 0 Å². The third-order valence-electron chi connectivity index (χ3n) is 6.24. The number of amides is 2. The van der Waals surface area contributed by atoms with Gasteiger partial charge in [0.25, 0.3) is 0 Å². The molecule has 0 fully saturated rings. The zero-order chi connectivity index (χ0) is 24.8. The molecular weight excluding hydrogens is 444 g/mol. The van der Waals surface area contributed by atoms with E-state index in [1.807, 2.05) is 31.2 Å². The van der Waals surface area contributed by atoms with Gasteiger partial charge in [0, 0.05) is 24.1 Å². The van der Waals surface area contributed by atoms with Crippen LogP contribution in [0.25, 0.3) is 11.1 Å². The van der Waals surface area contributed by atoms with Gasteiger partial charge in [-0.05, 0) is 40.8 Å². The molecule has 0 heterocycles. The normalized spacial score (nSPS) is 12.8. The molecule has 4 rings (SSSR count). The van der Waals surface area contributed by atoms with Crippen LogP contribution in [0.1, 0.15) is 36.8 Å². The maximum atomic E-state index is 12.9. The summed E-state index contributed by atoms with van der Waals surface area (Å²) in [6.07, 6.45) is -0.148. The molecule has 0 unspecified atom stereocenters. The lowest BCUT2D eigenvalue weighted by Crippen LogP contribution is -2.42. The second kappa shape index (κ2) is 10.9. The van der Waals surface area contributed by atoms with E-state index in [9.17, 15) is 19.5 Å². The Morgan fingerprint density at radius 3 is 2.06 bits per heavy atom. The molecule has 35 heavy (non-hydrogen) atoms. The molecule has 3 aromatic rings. The minimum Gasteiger partial charge on any atom is -0.480 e. The SMILES string of the molecule is CC[C@H](CC(=O)N(CC(=O)O)c1ccccc1)NC(=O)OCC1c2ccccc2-c2ccccc21. The molecule has 0 spiro atoms. The number of carbonyl (C=O) groups excluding carboxylic acids is 2. The average molecular weight is 473 g/mol. The first-order valence-electron chi connectivity index (χ1n) is 11.7. The number of aliphatic carboxylic acids is 1. The Bertz CT molecular complexity index is 1170. The summed E-state index contributed by atoms with van der Waals surface area (Å²) in [5.41, 5.74) is 5.03. The number of para-hydroxylation sites is 1. The average Bonchev–Trinajstić information content (AvgIpc) is 3.19. The summed E-state index contributed by atoms with van der Waals surface area (Å²) in [7, 11) is 0. The van der Waals surface area contributed by atoms with Crippen molar-refractivity contribution in [2.75, 3.05) is 18.1 Å². The number of fused-ring (bicyclic) bond motifs is 3. The number of carboxylic acid groups (broad SMARTS) is 1. The molecule has 7 heteroatoms. The molecule has 1 aliphatic rings. The van der Waals surface area contributed by atoms with Crippen LogP contribution in [-0.4, -0.2) is 42.3 Å². The standard InChI is InChI=1S/C28H28N2O5/c1-2-19(16-26(31)30(17-27(32)33)20-10-4-3-5-11-20)29-28(34)35-18-25-23-14-8-6-12-21(23)22-13-7-9-15-24(22)25/h3-15,19,25H,2,16-18H2,1H3,(H,29,34)(H,32,33)/t19-/m1/s1. The summed E-state index contributed by atoms with van der Waals surface area (Å²) in [4.78, 5) is 38.1. The van der Waals surface area contributed by atoms with E-state index in [1.165, 1.54) is 4.90 Å². The van der Waals surface area contributed by atoms with Crippen molar-refractivity contribution in [3.05, 3.63) is 90.0 Å². The molecule has 1 atom stereocenters. The summed E-state index contributed by atoms with van der Waals surface area (Å²) in [5.74, 6) is -1.55. The van der Waals surface area contributed by atoms with Gasteiger partial charge in [0.05, 0.1) is 0 Å². The third kappa shape index (κ3) is 5.51. The van der Waals surface area contributed by atoms with Crippen LogP contribution in [0.3, 0.4) is 0 Å². The number of benzene rings is 3. The predicted octanol–water partition coefficient (Wildman–Crippen LogP) is 4.81. The molecule has 0 aromatic heterocycles. The van der Waals surface area contributed by atoms with E-state index >= 15 is 0 Å². The quantitative estimate of drug-likeness (QED) is 0.466. The van der Waals surface area contributed by atoms with E-state index in [-0.39, 0.29) is 24.9 Å². The second-order valence-electron chi connectivity index (χ2n) is 8.49. The van der Waals surface area contributed by atoms with E-state index in [4.69, 9.17) is 4.74 Å². The number of hydrogen-bond acceptors (Lipinski definition) is 4. The molecule has 0 bridgehead atoms. The lowest BCUT2D eigenvalue weighted by molar-refractivity contribution is -0.136. The van der Waals surface area contributed by atoms with Gasteiger partial charge in [-0.15, -0.1) is 0 Å². The van der Waals surface area contributed by atoms with Gasteiger partial charge in [0.2, 0.25) is 5.91 Å².